The number of rotatable bonds is 6. The zero-order valence-corrected chi connectivity index (χ0v) is 13.3. The number of carboxylic acids is 1. The molecule has 1 heterocycles. The summed E-state index contributed by atoms with van der Waals surface area (Å²) in [5.41, 5.74) is 1.51. The Hall–Kier alpha value is -2.21. The van der Waals surface area contributed by atoms with E-state index in [0.717, 1.165) is 17.0 Å². The Kier molecular flexibility index (Phi) is 5.27. The average Bonchev–Trinajstić information content (AvgIpc) is 2.88. The van der Waals surface area contributed by atoms with E-state index < -0.39 is 12.0 Å². The molecule has 1 atom stereocenters. The molecule has 0 saturated carbocycles. The maximum Gasteiger partial charge on any atom is 0.326 e. The lowest BCUT2D eigenvalue weighted by Gasteiger charge is -2.14. The van der Waals surface area contributed by atoms with Crippen molar-refractivity contribution in [2.75, 3.05) is 0 Å². The molecule has 2 rings (SSSR count). The van der Waals surface area contributed by atoms with Gasteiger partial charge in [0.2, 0.25) is 0 Å². The Bertz CT molecular complexity index is 667. The van der Waals surface area contributed by atoms with Gasteiger partial charge in [0.05, 0.1) is 10.7 Å². The summed E-state index contributed by atoms with van der Waals surface area (Å²) in [5.74, 6) is -1.42. The molecule has 0 fully saturated rings. The lowest BCUT2D eigenvalue weighted by Crippen LogP contribution is -2.42. The van der Waals surface area contributed by atoms with Crippen LogP contribution in [0.15, 0.2) is 30.3 Å². The van der Waals surface area contributed by atoms with Crippen LogP contribution < -0.4 is 5.32 Å². The standard InChI is InChI=1S/C16H18N2O3S/c1-3-13-17-10(2)14(22-13)15(19)18-12(16(20)21)9-11-7-5-4-6-8-11/h4-8,12H,3,9H2,1-2H3,(H,18,19)(H,20,21). The van der Waals surface area contributed by atoms with Gasteiger partial charge in [0.15, 0.2) is 0 Å². The van der Waals surface area contributed by atoms with Crippen LogP contribution in [0.4, 0.5) is 0 Å². The van der Waals surface area contributed by atoms with Crippen LogP contribution in [0, 0.1) is 6.92 Å². The summed E-state index contributed by atoms with van der Waals surface area (Å²) >= 11 is 1.31. The summed E-state index contributed by atoms with van der Waals surface area (Å²) < 4.78 is 0. The highest BCUT2D eigenvalue weighted by atomic mass is 32.1. The van der Waals surface area contributed by atoms with Crippen LogP contribution in [0.3, 0.4) is 0 Å². The van der Waals surface area contributed by atoms with E-state index in [2.05, 4.69) is 10.3 Å². The fourth-order valence-corrected chi connectivity index (χ4v) is 3.00. The lowest BCUT2D eigenvalue weighted by atomic mass is 10.1. The van der Waals surface area contributed by atoms with Crippen molar-refractivity contribution in [3.63, 3.8) is 0 Å². The van der Waals surface area contributed by atoms with Gasteiger partial charge < -0.3 is 10.4 Å². The number of hydrogen-bond donors (Lipinski definition) is 2. The van der Waals surface area contributed by atoms with E-state index in [4.69, 9.17) is 0 Å². The molecule has 1 amide bonds. The maximum absolute atomic E-state index is 12.3. The maximum atomic E-state index is 12.3. The molecule has 2 aromatic rings. The molecule has 0 spiro atoms. The normalized spacial score (nSPS) is 11.9. The molecular formula is C16H18N2O3S. The molecule has 1 aromatic carbocycles. The number of amides is 1. The number of hydrogen-bond acceptors (Lipinski definition) is 4. The van der Waals surface area contributed by atoms with Gasteiger partial charge in [-0.25, -0.2) is 9.78 Å². The molecule has 116 valence electrons. The first-order valence-electron chi connectivity index (χ1n) is 7.05. The molecule has 0 radical (unpaired) electrons. The third-order valence-corrected chi connectivity index (χ3v) is 4.54. The average molecular weight is 318 g/mol. The molecular weight excluding hydrogens is 300 g/mol. The summed E-state index contributed by atoms with van der Waals surface area (Å²) in [6.07, 6.45) is 1.01. The first kappa shape index (κ1) is 16.2. The van der Waals surface area contributed by atoms with Crippen molar-refractivity contribution in [2.45, 2.75) is 32.7 Å². The summed E-state index contributed by atoms with van der Waals surface area (Å²) in [5, 5.41) is 12.8. The zero-order valence-electron chi connectivity index (χ0n) is 12.5. The Morgan fingerprint density at radius 3 is 2.55 bits per heavy atom. The second kappa shape index (κ2) is 7.17. The van der Waals surface area contributed by atoms with Crippen LogP contribution in [0.2, 0.25) is 0 Å². The predicted molar refractivity (Wildman–Crippen MR) is 85.3 cm³/mol. The van der Waals surface area contributed by atoms with Crippen LogP contribution >= 0.6 is 11.3 Å². The van der Waals surface area contributed by atoms with Gasteiger partial charge in [0.1, 0.15) is 10.9 Å². The highest BCUT2D eigenvalue weighted by Gasteiger charge is 2.23. The van der Waals surface area contributed by atoms with Gasteiger partial charge in [-0.2, -0.15) is 0 Å². The summed E-state index contributed by atoms with van der Waals surface area (Å²) in [7, 11) is 0. The molecule has 0 bridgehead atoms. The van der Waals surface area contributed by atoms with Crippen molar-refractivity contribution in [1.29, 1.82) is 0 Å². The second-order valence-corrected chi connectivity index (χ2v) is 6.01. The van der Waals surface area contributed by atoms with Gasteiger partial charge in [-0.1, -0.05) is 37.3 Å². The summed E-state index contributed by atoms with van der Waals surface area (Å²) in [6, 6.07) is 8.28. The first-order chi connectivity index (χ1) is 10.5. The minimum absolute atomic E-state index is 0.250. The molecule has 0 aliphatic carbocycles. The molecule has 0 aliphatic heterocycles. The van der Waals surface area contributed by atoms with Crippen molar-refractivity contribution in [3.05, 3.63) is 51.5 Å². The molecule has 2 N–H and O–H groups in total. The third kappa shape index (κ3) is 3.92. The summed E-state index contributed by atoms with van der Waals surface area (Å²) in [6.45, 7) is 3.73. The molecule has 5 nitrogen and oxygen atoms in total. The zero-order chi connectivity index (χ0) is 16.1. The number of carbonyl (C=O) groups is 2. The Balaban J connectivity index is 2.12. The van der Waals surface area contributed by atoms with Gasteiger partial charge in [0.25, 0.3) is 5.91 Å². The van der Waals surface area contributed by atoms with Crippen LogP contribution in [-0.2, 0) is 17.6 Å². The fourth-order valence-electron chi connectivity index (χ4n) is 2.09. The highest BCUT2D eigenvalue weighted by molar-refractivity contribution is 7.13. The first-order valence-corrected chi connectivity index (χ1v) is 7.86. The van der Waals surface area contributed by atoms with E-state index in [0.29, 0.717) is 10.6 Å². The number of aromatic nitrogens is 1. The predicted octanol–water partition coefficient (Wildman–Crippen LogP) is 2.44. The molecule has 1 aromatic heterocycles. The molecule has 0 aliphatic rings. The SMILES string of the molecule is CCc1nc(C)c(C(=O)NC(Cc2ccccc2)C(=O)O)s1. The highest BCUT2D eigenvalue weighted by Crippen LogP contribution is 2.18. The van der Waals surface area contributed by atoms with E-state index in [-0.39, 0.29) is 12.3 Å². The number of aryl methyl sites for hydroxylation is 2. The number of carboxylic acid groups (broad SMARTS) is 1. The van der Waals surface area contributed by atoms with E-state index in [9.17, 15) is 14.7 Å². The minimum Gasteiger partial charge on any atom is -0.480 e. The van der Waals surface area contributed by atoms with E-state index in [1.54, 1.807) is 6.92 Å². The Morgan fingerprint density at radius 2 is 2.00 bits per heavy atom. The van der Waals surface area contributed by atoms with Gasteiger partial charge in [-0.15, -0.1) is 11.3 Å². The number of benzene rings is 1. The topological polar surface area (TPSA) is 79.3 Å². The number of nitrogens with zero attached hydrogens (tertiary/aromatic N) is 1. The van der Waals surface area contributed by atoms with Gasteiger partial charge in [-0.05, 0) is 18.9 Å². The van der Waals surface area contributed by atoms with Crippen LogP contribution in [0.1, 0.15) is 32.9 Å². The Morgan fingerprint density at radius 1 is 1.32 bits per heavy atom. The van der Waals surface area contributed by atoms with Crippen molar-refractivity contribution in [1.82, 2.24) is 10.3 Å². The number of aliphatic carboxylic acids is 1. The van der Waals surface area contributed by atoms with Gasteiger partial charge >= 0.3 is 5.97 Å². The van der Waals surface area contributed by atoms with Gasteiger partial charge in [0, 0.05) is 6.42 Å². The largest absolute Gasteiger partial charge is 0.480 e. The molecule has 6 heteroatoms. The monoisotopic (exact) mass is 318 g/mol. The van der Waals surface area contributed by atoms with Crippen molar-refractivity contribution in [3.8, 4) is 0 Å². The number of thiazole rings is 1. The number of carbonyl (C=O) groups excluding carboxylic acids is 1. The quantitative estimate of drug-likeness (QED) is 0.857. The molecule has 1 unspecified atom stereocenters. The van der Waals surface area contributed by atoms with Crippen LogP contribution in [-0.4, -0.2) is 28.0 Å². The fraction of sp³-hybridized carbons (Fsp3) is 0.312. The molecule has 22 heavy (non-hydrogen) atoms. The van der Waals surface area contributed by atoms with Crippen LogP contribution in [0.25, 0.3) is 0 Å². The lowest BCUT2D eigenvalue weighted by molar-refractivity contribution is -0.139. The van der Waals surface area contributed by atoms with Crippen LogP contribution in [0.5, 0.6) is 0 Å². The minimum atomic E-state index is -1.05. The molecule has 0 saturated heterocycles. The van der Waals surface area contributed by atoms with E-state index in [1.807, 2.05) is 37.3 Å². The second-order valence-electron chi connectivity index (χ2n) is 4.93. The van der Waals surface area contributed by atoms with Crippen molar-refractivity contribution < 1.29 is 14.7 Å². The van der Waals surface area contributed by atoms with Crippen molar-refractivity contribution >= 4 is 23.2 Å². The Labute approximate surface area is 133 Å². The smallest absolute Gasteiger partial charge is 0.326 e. The van der Waals surface area contributed by atoms with Crippen molar-refractivity contribution in [2.24, 2.45) is 0 Å². The van der Waals surface area contributed by atoms with Gasteiger partial charge in [-0.3, -0.25) is 4.79 Å². The number of nitrogens with one attached hydrogen (secondary N) is 1. The van der Waals surface area contributed by atoms with E-state index in [1.165, 1.54) is 11.3 Å². The summed E-state index contributed by atoms with van der Waals surface area (Å²) in [4.78, 5) is 28.5. The van der Waals surface area contributed by atoms with E-state index >= 15 is 0 Å². The third-order valence-electron chi connectivity index (χ3n) is 3.24.